The van der Waals surface area contributed by atoms with Gasteiger partial charge in [0.05, 0.1) is 19.2 Å². The van der Waals surface area contributed by atoms with E-state index in [1.807, 2.05) is 32.4 Å². The van der Waals surface area contributed by atoms with E-state index in [2.05, 4.69) is 46.0 Å². The molecule has 0 aliphatic carbocycles. The van der Waals surface area contributed by atoms with Gasteiger partial charge < -0.3 is 24.7 Å². The monoisotopic (exact) mass is 402 g/mol. The number of aliphatic imine (C=N–C) groups is 1. The molecule has 0 spiro atoms. The van der Waals surface area contributed by atoms with Crippen molar-refractivity contribution in [2.24, 2.45) is 12.0 Å². The Kier molecular flexibility index (Phi) is 8.92. The fraction of sp³-hybridized carbons (Fsp3) is 0.571. The second-order valence-electron chi connectivity index (χ2n) is 7.29. The molecule has 0 fully saturated rings. The van der Waals surface area contributed by atoms with Gasteiger partial charge >= 0.3 is 0 Å². The zero-order valence-electron chi connectivity index (χ0n) is 18.5. The molecular weight excluding hydrogens is 368 g/mol. The van der Waals surface area contributed by atoms with E-state index in [0.717, 1.165) is 41.9 Å². The molecule has 8 nitrogen and oxygen atoms in total. The van der Waals surface area contributed by atoms with E-state index in [1.165, 1.54) is 5.56 Å². The molecule has 1 aromatic heterocycles. The first kappa shape index (κ1) is 22.7. The van der Waals surface area contributed by atoms with Crippen molar-refractivity contribution in [3.63, 3.8) is 0 Å². The summed E-state index contributed by atoms with van der Waals surface area (Å²) >= 11 is 0. The molecule has 0 amide bonds. The molecule has 0 aliphatic rings. The summed E-state index contributed by atoms with van der Waals surface area (Å²) in [5.74, 6) is 3.33. The maximum Gasteiger partial charge on any atom is 0.191 e. The van der Waals surface area contributed by atoms with E-state index in [0.29, 0.717) is 19.7 Å². The predicted octanol–water partition coefficient (Wildman–Crippen LogP) is 2.49. The van der Waals surface area contributed by atoms with Gasteiger partial charge in [0.2, 0.25) is 0 Å². The van der Waals surface area contributed by atoms with Gasteiger partial charge in [-0.15, -0.1) is 10.2 Å². The molecule has 0 aliphatic heterocycles. The highest BCUT2D eigenvalue weighted by Crippen LogP contribution is 2.22. The number of benzene rings is 1. The molecule has 160 valence electrons. The molecule has 1 heterocycles. The van der Waals surface area contributed by atoms with Gasteiger partial charge in [-0.2, -0.15) is 0 Å². The summed E-state index contributed by atoms with van der Waals surface area (Å²) in [5, 5.41) is 15.0. The van der Waals surface area contributed by atoms with Gasteiger partial charge in [-0.3, -0.25) is 0 Å². The van der Waals surface area contributed by atoms with E-state index < -0.39 is 0 Å². The lowest BCUT2D eigenvalue weighted by atomic mass is 10.1. The largest absolute Gasteiger partial charge is 0.491 e. The Labute approximate surface area is 173 Å². The van der Waals surface area contributed by atoms with Crippen molar-refractivity contribution < 1.29 is 9.47 Å². The summed E-state index contributed by atoms with van der Waals surface area (Å²) in [6, 6.07) is 6.22. The molecule has 2 N–H and O–H groups in total. The molecule has 0 radical (unpaired) electrons. The van der Waals surface area contributed by atoms with Crippen LogP contribution in [0.5, 0.6) is 5.75 Å². The summed E-state index contributed by atoms with van der Waals surface area (Å²) in [6.45, 7) is 10.6. The number of aryl methyl sites for hydroxylation is 2. The van der Waals surface area contributed by atoms with Crippen LogP contribution in [0, 0.1) is 13.8 Å². The number of hydrogen-bond donors (Lipinski definition) is 2. The van der Waals surface area contributed by atoms with Crippen LogP contribution < -0.4 is 15.4 Å². The second kappa shape index (κ2) is 11.4. The summed E-state index contributed by atoms with van der Waals surface area (Å²) in [5.41, 5.74) is 2.22. The average Bonchev–Trinajstić information content (AvgIpc) is 2.99. The zero-order chi connectivity index (χ0) is 21.2. The lowest BCUT2D eigenvalue weighted by Crippen LogP contribution is -2.38. The number of rotatable bonds is 10. The van der Waals surface area contributed by atoms with Gasteiger partial charge in [0.25, 0.3) is 0 Å². The molecule has 0 bridgehead atoms. The van der Waals surface area contributed by atoms with Crippen LogP contribution in [-0.2, 0) is 24.9 Å². The number of ether oxygens (including phenoxy) is 2. The fourth-order valence-electron chi connectivity index (χ4n) is 2.69. The quantitative estimate of drug-likeness (QED) is 0.361. The van der Waals surface area contributed by atoms with Gasteiger partial charge in [-0.1, -0.05) is 12.1 Å². The van der Waals surface area contributed by atoms with E-state index >= 15 is 0 Å². The van der Waals surface area contributed by atoms with E-state index in [9.17, 15) is 0 Å². The van der Waals surface area contributed by atoms with Crippen molar-refractivity contribution in [3.8, 4) is 5.75 Å². The number of methoxy groups -OCH3 is 1. The fourth-order valence-corrected chi connectivity index (χ4v) is 2.69. The molecule has 8 heteroatoms. The molecule has 2 rings (SSSR count). The van der Waals surface area contributed by atoms with Crippen molar-refractivity contribution in [2.75, 3.05) is 20.3 Å². The molecule has 1 aromatic carbocycles. The van der Waals surface area contributed by atoms with Crippen LogP contribution in [0.25, 0.3) is 0 Å². The topological polar surface area (TPSA) is 85.6 Å². The highest BCUT2D eigenvalue weighted by atomic mass is 16.5. The van der Waals surface area contributed by atoms with Crippen LogP contribution in [0.15, 0.2) is 23.2 Å². The first-order valence-electron chi connectivity index (χ1n) is 10.0. The van der Waals surface area contributed by atoms with Crippen LogP contribution in [0.2, 0.25) is 0 Å². The molecule has 29 heavy (non-hydrogen) atoms. The number of nitrogens with zero attached hydrogens (tertiary/aromatic N) is 4. The normalized spacial score (nSPS) is 11.8. The van der Waals surface area contributed by atoms with Crippen LogP contribution >= 0.6 is 0 Å². The molecule has 0 saturated heterocycles. The molecule has 0 saturated carbocycles. The van der Waals surface area contributed by atoms with Crippen molar-refractivity contribution in [1.82, 2.24) is 25.4 Å². The lowest BCUT2D eigenvalue weighted by molar-refractivity contribution is 0.195. The molecule has 0 atom stereocenters. The van der Waals surface area contributed by atoms with Crippen molar-refractivity contribution in [3.05, 3.63) is 41.0 Å². The Balaban J connectivity index is 2.10. The van der Waals surface area contributed by atoms with Crippen LogP contribution in [0.4, 0.5) is 0 Å². The summed E-state index contributed by atoms with van der Waals surface area (Å²) in [7, 11) is 3.66. The Bertz CT molecular complexity index is 800. The number of aromatic nitrogens is 3. The van der Waals surface area contributed by atoms with Crippen LogP contribution in [-0.4, -0.2) is 47.1 Å². The van der Waals surface area contributed by atoms with Crippen LogP contribution in [0.1, 0.15) is 43.0 Å². The third kappa shape index (κ3) is 7.38. The van der Waals surface area contributed by atoms with Gasteiger partial charge in [0, 0.05) is 32.9 Å². The van der Waals surface area contributed by atoms with Gasteiger partial charge in [-0.25, -0.2) is 4.99 Å². The van der Waals surface area contributed by atoms with Crippen LogP contribution in [0.3, 0.4) is 0 Å². The SMILES string of the molecule is COCCCNC(=NCc1ccc(C)cc1OC(C)C)NCc1nnc(C)n1C. The maximum absolute atomic E-state index is 5.97. The summed E-state index contributed by atoms with van der Waals surface area (Å²) < 4.78 is 13.1. The number of hydrogen-bond acceptors (Lipinski definition) is 5. The Morgan fingerprint density at radius 2 is 2.00 bits per heavy atom. The average molecular weight is 403 g/mol. The maximum atomic E-state index is 5.97. The van der Waals surface area contributed by atoms with E-state index in [-0.39, 0.29) is 6.10 Å². The summed E-state index contributed by atoms with van der Waals surface area (Å²) in [4.78, 5) is 4.76. The first-order valence-corrected chi connectivity index (χ1v) is 10.0. The minimum atomic E-state index is 0.114. The molecular formula is C21H34N6O2. The third-order valence-electron chi connectivity index (χ3n) is 4.41. The Morgan fingerprint density at radius 1 is 1.21 bits per heavy atom. The highest BCUT2D eigenvalue weighted by molar-refractivity contribution is 5.79. The van der Waals surface area contributed by atoms with Gasteiger partial charge in [0.15, 0.2) is 11.8 Å². The van der Waals surface area contributed by atoms with Crippen molar-refractivity contribution >= 4 is 5.96 Å². The standard InChI is InChI=1S/C21H34N6O2/c1-15(2)29-19-12-16(3)8-9-18(19)13-23-21(22-10-7-11-28-6)24-14-20-26-25-17(4)27(20)5/h8-9,12,15H,7,10-11,13-14H2,1-6H3,(H2,22,23,24). The number of nitrogens with one attached hydrogen (secondary N) is 2. The first-order chi connectivity index (χ1) is 13.9. The van der Waals surface area contributed by atoms with Gasteiger partial charge in [0.1, 0.15) is 11.6 Å². The third-order valence-corrected chi connectivity index (χ3v) is 4.41. The smallest absolute Gasteiger partial charge is 0.191 e. The van der Waals surface area contributed by atoms with E-state index in [1.54, 1.807) is 7.11 Å². The Morgan fingerprint density at radius 3 is 2.66 bits per heavy atom. The van der Waals surface area contributed by atoms with Crippen molar-refractivity contribution in [1.29, 1.82) is 0 Å². The molecule has 2 aromatic rings. The lowest BCUT2D eigenvalue weighted by Gasteiger charge is -2.15. The zero-order valence-corrected chi connectivity index (χ0v) is 18.5. The minimum Gasteiger partial charge on any atom is -0.491 e. The van der Waals surface area contributed by atoms with Gasteiger partial charge in [-0.05, 0) is 45.7 Å². The number of guanidine groups is 1. The van der Waals surface area contributed by atoms with E-state index in [4.69, 9.17) is 14.5 Å². The summed E-state index contributed by atoms with van der Waals surface area (Å²) in [6.07, 6.45) is 1.01. The highest BCUT2D eigenvalue weighted by Gasteiger charge is 2.09. The Hall–Kier alpha value is -2.61. The molecule has 0 unspecified atom stereocenters. The van der Waals surface area contributed by atoms with Crippen molar-refractivity contribution in [2.45, 2.75) is 53.3 Å². The predicted molar refractivity (Wildman–Crippen MR) is 115 cm³/mol. The second-order valence-corrected chi connectivity index (χ2v) is 7.29. The minimum absolute atomic E-state index is 0.114.